The van der Waals surface area contributed by atoms with E-state index in [0.29, 0.717) is 34.2 Å². The van der Waals surface area contributed by atoms with Gasteiger partial charge in [0.2, 0.25) is 0 Å². The normalized spacial score (nSPS) is 11.7. The summed E-state index contributed by atoms with van der Waals surface area (Å²) in [6, 6.07) is 28.5. The minimum Gasteiger partial charge on any atom is -0.489 e. The molecule has 0 radical (unpaired) electrons. The molecule has 2 aromatic heterocycles. The molecule has 0 atom stereocenters. The molecule has 0 aliphatic carbocycles. The number of hydrogen-bond donors (Lipinski definition) is 0. The van der Waals surface area contributed by atoms with E-state index in [4.69, 9.17) is 21.3 Å². The fraction of sp³-hybridized carbons (Fsp3) is 0.143. The molecule has 0 bridgehead atoms. The standard InChI is InChI=1S/C35H27ClF3N3O/c1-21-7-10-26(11-8-21)33-32-29(35(37,38)39)19-31(40-34(32)42(41-33)27-14-9-23(3)30(36)18-27)25-12-15-28(16-13-25)43-20-24-6-4-5-22(2)17-24/h4-19H,20H2,1-3H3. The summed E-state index contributed by atoms with van der Waals surface area (Å²) in [5, 5.41) is 5.09. The fourth-order valence-corrected chi connectivity index (χ4v) is 5.16. The number of halogens is 4. The molecule has 0 aliphatic rings. The topological polar surface area (TPSA) is 39.9 Å². The van der Waals surface area contributed by atoms with Crippen LogP contribution in [-0.2, 0) is 12.8 Å². The van der Waals surface area contributed by atoms with E-state index in [2.05, 4.69) is 5.10 Å². The summed E-state index contributed by atoms with van der Waals surface area (Å²) >= 11 is 6.42. The van der Waals surface area contributed by atoms with Crippen molar-refractivity contribution in [3.63, 3.8) is 0 Å². The predicted molar refractivity (Wildman–Crippen MR) is 165 cm³/mol. The number of pyridine rings is 1. The highest BCUT2D eigenvalue weighted by atomic mass is 35.5. The molecule has 0 unspecified atom stereocenters. The Labute approximate surface area is 252 Å². The van der Waals surface area contributed by atoms with E-state index in [9.17, 15) is 13.2 Å². The van der Waals surface area contributed by atoms with Gasteiger partial charge in [-0.05, 0) is 74.4 Å². The second kappa shape index (κ2) is 11.2. The van der Waals surface area contributed by atoms with Gasteiger partial charge in [0, 0.05) is 16.1 Å². The molecule has 8 heteroatoms. The molecular formula is C35H27ClF3N3O. The van der Waals surface area contributed by atoms with Crippen LogP contribution in [0.25, 0.3) is 39.2 Å². The maximum atomic E-state index is 14.8. The number of aryl methyl sites for hydroxylation is 3. The molecule has 2 heterocycles. The van der Waals surface area contributed by atoms with Gasteiger partial charge in [-0.25, -0.2) is 9.67 Å². The lowest BCUT2D eigenvalue weighted by molar-refractivity contribution is -0.136. The van der Waals surface area contributed by atoms with Gasteiger partial charge in [0.1, 0.15) is 18.1 Å². The molecule has 0 saturated heterocycles. The fourth-order valence-electron chi connectivity index (χ4n) is 4.98. The van der Waals surface area contributed by atoms with Gasteiger partial charge >= 0.3 is 6.18 Å². The van der Waals surface area contributed by atoms with E-state index in [-0.39, 0.29) is 22.4 Å². The van der Waals surface area contributed by atoms with Crippen molar-refractivity contribution in [2.75, 3.05) is 0 Å². The van der Waals surface area contributed by atoms with E-state index in [0.717, 1.165) is 28.3 Å². The van der Waals surface area contributed by atoms with Gasteiger partial charge in [-0.2, -0.15) is 18.3 Å². The van der Waals surface area contributed by atoms with Gasteiger partial charge < -0.3 is 4.74 Å². The molecule has 0 N–H and O–H groups in total. The van der Waals surface area contributed by atoms with Crippen LogP contribution in [0.2, 0.25) is 5.02 Å². The van der Waals surface area contributed by atoms with Crippen LogP contribution >= 0.6 is 11.6 Å². The van der Waals surface area contributed by atoms with Gasteiger partial charge in [-0.1, -0.05) is 77.3 Å². The Hall–Kier alpha value is -4.62. The number of benzene rings is 4. The van der Waals surface area contributed by atoms with Gasteiger partial charge in [-0.3, -0.25) is 0 Å². The summed E-state index contributed by atoms with van der Waals surface area (Å²) in [6.07, 6.45) is -4.66. The number of nitrogens with zero attached hydrogens (tertiary/aromatic N) is 3. The van der Waals surface area contributed by atoms with Crippen molar-refractivity contribution >= 4 is 22.6 Å². The third-order valence-electron chi connectivity index (χ3n) is 7.31. The smallest absolute Gasteiger partial charge is 0.417 e. The zero-order valence-electron chi connectivity index (χ0n) is 23.7. The van der Waals surface area contributed by atoms with Gasteiger partial charge in [0.05, 0.1) is 22.3 Å². The zero-order valence-corrected chi connectivity index (χ0v) is 24.5. The quantitative estimate of drug-likeness (QED) is 0.192. The lowest BCUT2D eigenvalue weighted by Gasteiger charge is -2.13. The summed E-state index contributed by atoms with van der Waals surface area (Å²) < 4.78 is 51.6. The maximum absolute atomic E-state index is 14.8. The Balaban J connectivity index is 1.49. The lowest BCUT2D eigenvalue weighted by atomic mass is 10.0. The Morgan fingerprint density at radius 2 is 1.51 bits per heavy atom. The van der Waals surface area contributed by atoms with E-state index >= 15 is 0 Å². The third-order valence-corrected chi connectivity index (χ3v) is 7.71. The van der Waals surface area contributed by atoms with Gasteiger partial charge in [-0.15, -0.1) is 0 Å². The molecule has 43 heavy (non-hydrogen) atoms. The van der Waals surface area contributed by atoms with Crippen LogP contribution < -0.4 is 4.74 Å². The highest BCUT2D eigenvalue weighted by Gasteiger charge is 2.36. The van der Waals surface area contributed by atoms with Crippen LogP contribution in [0.3, 0.4) is 0 Å². The van der Waals surface area contributed by atoms with Crippen LogP contribution in [0.4, 0.5) is 13.2 Å². The summed E-state index contributed by atoms with van der Waals surface area (Å²) in [6.45, 7) is 6.17. The van der Waals surface area contributed by atoms with E-state index < -0.39 is 11.7 Å². The molecular weight excluding hydrogens is 571 g/mol. The highest BCUT2D eigenvalue weighted by Crippen LogP contribution is 2.42. The van der Waals surface area contributed by atoms with Crippen LogP contribution in [0.1, 0.15) is 27.8 Å². The molecule has 0 saturated carbocycles. The molecule has 6 aromatic rings. The van der Waals surface area contributed by atoms with Crippen molar-refractivity contribution in [3.05, 3.63) is 130 Å². The molecule has 4 nitrogen and oxygen atoms in total. The molecule has 6 rings (SSSR count). The Morgan fingerprint density at radius 3 is 2.19 bits per heavy atom. The number of fused-ring (bicyclic) bond motifs is 1. The molecule has 0 fully saturated rings. The number of aromatic nitrogens is 3. The van der Waals surface area contributed by atoms with Crippen LogP contribution in [0.5, 0.6) is 5.75 Å². The minimum atomic E-state index is -4.66. The molecule has 4 aromatic carbocycles. The van der Waals surface area contributed by atoms with Crippen LogP contribution in [0, 0.1) is 20.8 Å². The molecule has 0 spiro atoms. The van der Waals surface area contributed by atoms with E-state index in [1.165, 1.54) is 4.68 Å². The van der Waals surface area contributed by atoms with Crippen molar-refractivity contribution in [2.45, 2.75) is 33.6 Å². The first-order valence-corrected chi connectivity index (χ1v) is 14.1. The van der Waals surface area contributed by atoms with E-state index in [1.807, 2.05) is 57.2 Å². The van der Waals surface area contributed by atoms with E-state index in [1.54, 1.807) is 54.6 Å². The maximum Gasteiger partial charge on any atom is 0.417 e. The van der Waals surface area contributed by atoms with Crippen LogP contribution in [0.15, 0.2) is 97.1 Å². The second-order valence-corrected chi connectivity index (χ2v) is 11.0. The molecule has 0 aliphatic heterocycles. The number of rotatable bonds is 6. The zero-order chi connectivity index (χ0) is 30.3. The molecule has 216 valence electrons. The SMILES string of the molecule is Cc1ccc(-c2nn(-c3ccc(C)c(Cl)c3)c3nc(-c4ccc(OCc5cccc(C)c5)cc4)cc(C(F)(F)F)c23)cc1. The summed E-state index contributed by atoms with van der Waals surface area (Å²) in [4.78, 5) is 4.76. The van der Waals surface area contributed by atoms with Crippen molar-refractivity contribution in [1.29, 1.82) is 0 Å². The first-order chi connectivity index (χ1) is 20.6. The second-order valence-electron chi connectivity index (χ2n) is 10.6. The first kappa shape index (κ1) is 28.5. The van der Waals surface area contributed by atoms with Crippen LogP contribution in [-0.4, -0.2) is 14.8 Å². The van der Waals surface area contributed by atoms with Crippen molar-refractivity contribution < 1.29 is 17.9 Å². The average molecular weight is 598 g/mol. The predicted octanol–water partition coefficient (Wildman–Crippen LogP) is 9.93. The van der Waals surface area contributed by atoms with Crippen molar-refractivity contribution in [1.82, 2.24) is 14.8 Å². The largest absolute Gasteiger partial charge is 0.489 e. The first-order valence-electron chi connectivity index (χ1n) is 13.7. The minimum absolute atomic E-state index is 0.0742. The Bertz CT molecular complexity index is 1950. The van der Waals surface area contributed by atoms with Crippen molar-refractivity contribution in [3.8, 4) is 34.0 Å². The lowest BCUT2D eigenvalue weighted by Crippen LogP contribution is -2.08. The Kier molecular flexibility index (Phi) is 7.44. The van der Waals surface area contributed by atoms with Crippen molar-refractivity contribution in [2.24, 2.45) is 0 Å². The number of ether oxygens (including phenoxy) is 1. The monoisotopic (exact) mass is 597 g/mol. The third kappa shape index (κ3) is 5.86. The Morgan fingerprint density at radius 1 is 0.791 bits per heavy atom. The number of hydrogen-bond acceptors (Lipinski definition) is 3. The number of alkyl halides is 3. The van der Waals surface area contributed by atoms with Gasteiger partial charge in [0.25, 0.3) is 0 Å². The highest BCUT2D eigenvalue weighted by molar-refractivity contribution is 6.31. The summed E-state index contributed by atoms with van der Waals surface area (Å²) in [5.41, 5.74) is 5.21. The van der Waals surface area contributed by atoms with Gasteiger partial charge in [0.15, 0.2) is 5.65 Å². The summed E-state index contributed by atoms with van der Waals surface area (Å²) in [7, 11) is 0. The molecule has 0 amide bonds. The summed E-state index contributed by atoms with van der Waals surface area (Å²) in [5.74, 6) is 0.600. The average Bonchev–Trinajstić information content (AvgIpc) is 3.37.